The van der Waals surface area contributed by atoms with Crippen LogP contribution < -0.4 is 10.9 Å². The Hall–Kier alpha value is -3.00. The monoisotopic (exact) mass is 429 g/mol. The maximum Gasteiger partial charge on any atom is 0.307 e. The van der Waals surface area contributed by atoms with Crippen molar-refractivity contribution in [1.82, 2.24) is 14.7 Å². The summed E-state index contributed by atoms with van der Waals surface area (Å²) in [7, 11) is 1.28. The number of nitrogens with one attached hydrogen (secondary N) is 1. The minimum Gasteiger partial charge on any atom is -0.469 e. The van der Waals surface area contributed by atoms with Crippen molar-refractivity contribution in [3.8, 4) is 0 Å². The fourth-order valence-electron chi connectivity index (χ4n) is 2.62. The highest BCUT2D eigenvalue weighted by atomic mass is 79.9. The van der Waals surface area contributed by atoms with Crippen LogP contribution in [0, 0.1) is 0 Å². The molecule has 0 aliphatic rings. The first-order chi connectivity index (χ1) is 13.0. The van der Waals surface area contributed by atoms with Crippen LogP contribution in [0.5, 0.6) is 0 Å². The van der Waals surface area contributed by atoms with Gasteiger partial charge in [0.2, 0.25) is 0 Å². The summed E-state index contributed by atoms with van der Waals surface area (Å²) in [5.74, 6) is -1.08. The number of benzene rings is 1. The average Bonchev–Trinajstić information content (AvgIpc) is 2.68. The summed E-state index contributed by atoms with van der Waals surface area (Å²) >= 11 is 3.35. The van der Waals surface area contributed by atoms with Crippen LogP contribution in [0.25, 0.3) is 5.65 Å². The number of rotatable bonds is 5. The molecule has 0 radical (unpaired) electrons. The second-order valence-electron chi connectivity index (χ2n) is 5.76. The van der Waals surface area contributed by atoms with E-state index in [4.69, 9.17) is 4.74 Å². The van der Waals surface area contributed by atoms with Gasteiger partial charge in [-0.05, 0) is 29.8 Å². The molecule has 0 saturated carbocycles. The molecule has 138 valence electrons. The van der Waals surface area contributed by atoms with Crippen molar-refractivity contribution in [3.63, 3.8) is 0 Å². The lowest BCUT2D eigenvalue weighted by atomic mass is 10.0. The third kappa shape index (κ3) is 4.22. The average molecular weight is 430 g/mol. The zero-order valence-electron chi connectivity index (χ0n) is 14.4. The summed E-state index contributed by atoms with van der Waals surface area (Å²) in [6.45, 7) is 0. The number of hydrogen-bond acceptors (Lipinski definition) is 5. The van der Waals surface area contributed by atoms with Gasteiger partial charge >= 0.3 is 5.97 Å². The van der Waals surface area contributed by atoms with E-state index in [1.54, 1.807) is 48.7 Å². The van der Waals surface area contributed by atoms with Gasteiger partial charge in [-0.25, -0.2) is 4.98 Å². The number of methoxy groups -OCH3 is 1. The zero-order chi connectivity index (χ0) is 19.4. The maximum absolute atomic E-state index is 12.7. The van der Waals surface area contributed by atoms with Gasteiger partial charge in [0.1, 0.15) is 11.2 Å². The second-order valence-corrected chi connectivity index (χ2v) is 6.68. The molecule has 7 nitrogen and oxygen atoms in total. The number of esters is 1. The smallest absolute Gasteiger partial charge is 0.307 e. The Labute approximate surface area is 163 Å². The maximum atomic E-state index is 12.7. The second kappa shape index (κ2) is 8.13. The molecule has 2 aromatic heterocycles. The van der Waals surface area contributed by atoms with Crippen molar-refractivity contribution >= 4 is 33.5 Å². The Bertz CT molecular complexity index is 1050. The van der Waals surface area contributed by atoms with Gasteiger partial charge in [0.15, 0.2) is 0 Å². The molecule has 0 fully saturated rings. The first kappa shape index (κ1) is 18.8. The van der Waals surface area contributed by atoms with Crippen LogP contribution in [0.3, 0.4) is 0 Å². The Morgan fingerprint density at radius 3 is 2.67 bits per heavy atom. The summed E-state index contributed by atoms with van der Waals surface area (Å²) in [5, 5.41) is 2.73. The van der Waals surface area contributed by atoms with Gasteiger partial charge in [0.25, 0.3) is 11.5 Å². The molecule has 0 aliphatic carbocycles. The largest absolute Gasteiger partial charge is 0.469 e. The number of amides is 1. The number of carbonyl (C=O) groups excluding carboxylic acids is 2. The number of aromatic nitrogens is 2. The topological polar surface area (TPSA) is 89.8 Å². The number of carbonyl (C=O) groups is 2. The van der Waals surface area contributed by atoms with Crippen molar-refractivity contribution in [2.24, 2.45) is 0 Å². The third-order valence-electron chi connectivity index (χ3n) is 4.03. The third-order valence-corrected chi connectivity index (χ3v) is 4.56. The Balaban J connectivity index is 1.92. The van der Waals surface area contributed by atoms with E-state index < -0.39 is 23.5 Å². The van der Waals surface area contributed by atoms with E-state index in [0.717, 1.165) is 4.47 Å². The summed E-state index contributed by atoms with van der Waals surface area (Å²) < 4.78 is 6.88. The lowest BCUT2D eigenvalue weighted by Crippen LogP contribution is -2.35. The molecule has 1 atom stereocenters. The van der Waals surface area contributed by atoms with Gasteiger partial charge in [-0.2, -0.15) is 0 Å². The highest BCUT2D eigenvalue weighted by molar-refractivity contribution is 9.10. The van der Waals surface area contributed by atoms with E-state index in [9.17, 15) is 14.4 Å². The molecule has 27 heavy (non-hydrogen) atoms. The summed E-state index contributed by atoms with van der Waals surface area (Å²) in [6, 6.07) is 11.6. The zero-order valence-corrected chi connectivity index (χ0v) is 16.0. The van der Waals surface area contributed by atoms with Crippen molar-refractivity contribution in [1.29, 1.82) is 0 Å². The molecule has 0 unspecified atom stereocenters. The number of pyridine rings is 1. The van der Waals surface area contributed by atoms with Crippen molar-refractivity contribution in [2.45, 2.75) is 12.5 Å². The lowest BCUT2D eigenvalue weighted by molar-refractivity contribution is -0.141. The molecular formula is C19H16BrN3O4. The molecule has 1 amide bonds. The number of fused-ring (bicyclic) bond motifs is 1. The van der Waals surface area contributed by atoms with Gasteiger partial charge in [-0.3, -0.25) is 18.8 Å². The van der Waals surface area contributed by atoms with Crippen LogP contribution >= 0.6 is 15.9 Å². The van der Waals surface area contributed by atoms with E-state index in [1.165, 1.54) is 17.7 Å². The van der Waals surface area contributed by atoms with Crippen LogP contribution in [-0.2, 0) is 9.53 Å². The van der Waals surface area contributed by atoms with Gasteiger partial charge in [0.05, 0.1) is 19.6 Å². The molecule has 0 bridgehead atoms. The fourth-order valence-corrected chi connectivity index (χ4v) is 2.88. The minimum atomic E-state index is -0.645. The highest BCUT2D eigenvalue weighted by Gasteiger charge is 2.22. The van der Waals surface area contributed by atoms with Crippen molar-refractivity contribution < 1.29 is 14.3 Å². The molecule has 0 aliphatic heterocycles. The van der Waals surface area contributed by atoms with E-state index >= 15 is 0 Å². The van der Waals surface area contributed by atoms with Crippen LogP contribution in [0.4, 0.5) is 0 Å². The fraction of sp³-hybridized carbons (Fsp3) is 0.158. The van der Waals surface area contributed by atoms with Gasteiger partial charge in [0, 0.05) is 16.9 Å². The predicted octanol–water partition coefficient (Wildman–Crippen LogP) is 2.49. The first-order valence-corrected chi connectivity index (χ1v) is 8.88. The first-order valence-electron chi connectivity index (χ1n) is 8.09. The van der Waals surface area contributed by atoms with Crippen LogP contribution in [0.1, 0.15) is 28.4 Å². The molecule has 2 heterocycles. The van der Waals surface area contributed by atoms with Gasteiger partial charge < -0.3 is 10.1 Å². The minimum absolute atomic E-state index is 0.0633. The van der Waals surface area contributed by atoms with Crippen LogP contribution in [0.2, 0.25) is 0 Å². The van der Waals surface area contributed by atoms with Crippen molar-refractivity contribution in [3.05, 3.63) is 80.8 Å². The van der Waals surface area contributed by atoms with E-state index in [-0.39, 0.29) is 12.0 Å². The Morgan fingerprint density at radius 1 is 1.22 bits per heavy atom. The van der Waals surface area contributed by atoms with E-state index in [2.05, 4.69) is 26.2 Å². The molecule has 0 saturated heterocycles. The molecule has 3 aromatic rings. The number of halogens is 1. The van der Waals surface area contributed by atoms with Gasteiger partial charge in [-0.15, -0.1) is 0 Å². The number of hydrogen-bond donors (Lipinski definition) is 1. The van der Waals surface area contributed by atoms with Crippen LogP contribution in [-0.4, -0.2) is 28.4 Å². The van der Waals surface area contributed by atoms with Crippen molar-refractivity contribution in [2.75, 3.05) is 7.11 Å². The van der Waals surface area contributed by atoms with Gasteiger partial charge in [-0.1, -0.05) is 34.1 Å². The summed E-state index contributed by atoms with van der Waals surface area (Å²) in [5.41, 5.74) is 0.570. The number of nitrogens with zero attached hydrogens (tertiary/aromatic N) is 2. The van der Waals surface area contributed by atoms with E-state index in [1.807, 2.05) is 0 Å². The molecular weight excluding hydrogens is 414 g/mol. The lowest BCUT2D eigenvalue weighted by Gasteiger charge is -2.18. The number of ether oxygens (including phenoxy) is 1. The highest BCUT2D eigenvalue weighted by Crippen LogP contribution is 2.20. The molecule has 1 aromatic carbocycles. The predicted molar refractivity (Wildman–Crippen MR) is 102 cm³/mol. The standard InChI is InChI=1S/C19H16BrN3O4/c1-27-17(24)10-15(12-5-7-13(20)8-6-12)22-18(25)14-11-21-16-4-2-3-9-23(16)19(14)26/h2-9,11,15H,10H2,1H3,(H,22,25)/t15-/m0/s1. The Morgan fingerprint density at radius 2 is 1.96 bits per heavy atom. The molecule has 3 rings (SSSR count). The molecule has 0 spiro atoms. The quantitative estimate of drug-likeness (QED) is 0.629. The SMILES string of the molecule is COC(=O)C[C@H](NC(=O)c1cnc2ccccn2c1=O)c1ccc(Br)cc1. The Kier molecular flexibility index (Phi) is 5.66. The molecule has 1 N–H and O–H groups in total. The van der Waals surface area contributed by atoms with Crippen LogP contribution in [0.15, 0.2) is 64.1 Å². The summed E-state index contributed by atoms with van der Waals surface area (Å²) in [6.07, 6.45) is 2.72. The summed E-state index contributed by atoms with van der Waals surface area (Å²) in [4.78, 5) is 41.2. The normalized spacial score (nSPS) is 11.8. The molecule has 8 heteroatoms. The van der Waals surface area contributed by atoms with E-state index in [0.29, 0.717) is 11.2 Å².